The van der Waals surface area contributed by atoms with Crippen molar-refractivity contribution in [3.05, 3.63) is 0 Å². The van der Waals surface area contributed by atoms with Gasteiger partial charge in [0.05, 0.1) is 0 Å². The van der Waals surface area contributed by atoms with Crippen LogP contribution in [0.4, 0.5) is 0 Å². The molecule has 1 fully saturated rings. The molecule has 2 atom stereocenters. The lowest BCUT2D eigenvalue weighted by Gasteiger charge is -2.10. The van der Waals surface area contributed by atoms with Gasteiger partial charge in [0.25, 0.3) is 0 Å². The number of aliphatic hydroxyl groups is 1. The molecule has 1 rings (SSSR count). The Hall–Kier alpha value is -0.570. The maximum Gasteiger partial charge on any atom is 0.223 e. The second-order valence-corrected chi connectivity index (χ2v) is 3.30. The van der Waals surface area contributed by atoms with E-state index in [1.807, 2.05) is 6.92 Å². The Kier molecular flexibility index (Phi) is 2.88. The van der Waals surface area contributed by atoms with Crippen molar-refractivity contribution in [2.24, 2.45) is 11.8 Å². The average Bonchev–Trinajstić information content (AvgIpc) is 2.37. The lowest BCUT2D eigenvalue weighted by molar-refractivity contribution is -0.122. The van der Waals surface area contributed by atoms with Crippen LogP contribution in [0, 0.1) is 11.8 Å². The Balaban J connectivity index is 2.30. The number of carbonyl (C=O) groups excluding carboxylic acids is 1. The fourth-order valence-electron chi connectivity index (χ4n) is 1.43. The number of carbonyl (C=O) groups is 1. The van der Waals surface area contributed by atoms with Gasteiger partial charge in [-0.2, -0.15) is 0 Å². The number of hydrogen-bond acceptors (Lipinski definition) is 2. The van der Waals surface area contributed by atoms with Crippen LogP contribution in [0.1, 0.15) is 19.8 Å². The minimum Gasteiger partial charge on any atom is -0.396 e. The highest BCUT2D eigenvalue weighted by atomic mass is 16.3. The van der Waals surface area contributed by atoms with E-state index in [4.69, 9.17) is 5.11 Å². The Morgan fingerprint density at radius 2 is 2.55 bits per heavy atom. The van der Waals surface area contributed by atoms with E-state index in [0.29, 0.717) is 0 Å². The average molecular weight is 157 g/mol. The molecular weight excluding hydrogens is 142 g/mol. The highest BCUT2D eigenvalue weighted by Crippen LogP contribution is 2.18. The summed E-state index contributed by atoms with van der Waals surface area (Å²) in [6, 6.07) is 0. The summed E-state index contributed by atoms with van der Waals surface area (Å²) in [7, 11) is 0. The van der Waals surface area contributed by atoms with Crippen molar-refractivity contribution in [2.45, 2.75) is 19.8 Å². The van der Waals surface area contributed by atoms with E-state index in [1.54, 1.807) is 0 Å². The highest BCUT2D eigenvalue weighted by Gasteiger charge is 2.25. The lowest BCUT2D eigenvalue weighted by Crippen LogP contribution is -2.21. The first-order chi connectivity index (χ1) is 5.24. The predicted octanol–water partition coefficient (Wildman–Crippen LogP) is 0.141. The van der Waals surface area contributed by atoms with Gasteiger partial charge in [0.15, 0.2) is 0 Å². The highest BCUT2D eigenvalue weighted by molar-refractivity contribution is 5.80. The molecule has 1 aliphatic rings. The van der Waals surface area contributed by atoms with Gasteiger partial charge >= 0.3 is 0 Å². The van der Waals surface area contributed by atoms with Gasteiger partial charge in [0.2, 0.25) is 5.91 Å². The van der Waals surface area contributed by atoms with Crippen LogP contribution in [-0.4, -0.2) is 24.2 Å². The smallest absolute Gasteiger partial charge is 0.223 e. The normalized spacial score (nSPS) is 26.7. The summed E-state index contributed by atoms with van der Waals surface area (Å²) < 4.78 is 0. The zero-order valence-corrected chi connectivity index (χ0v) is 6.84. The number of amides is 1. The second kappa shape index (κ2) is 3.72. The van der Waals surface area contributed by atoms with Gasteiger partial charge in [0.1, 0.15) is 0 Å². The van der Waals surface area contributed by atoms with E-state index in [2.05, 4.69) is 5.32 Å². The molecule has 0 saturated carbocycles. The van der Waals surface area contributed by atoms with Gasteiger partial charge in [-0.3, -0.25) is 4.79 Å². The third-order valence-corrected chi connectivity index (χ3v) is 2.16. The predicted molar refractivity (Wildman–Crippen MR) is 42.0 cm³/mol. The molecule has 11 heavy (non-hydrogen) atoms. The lowest BCUT2D eigenvalue weighted by atomic mass is 9.95. The zero-order valence-electron chi connectivity index (χ0n) is 6.84. The van der Waals surface area contributed by atoms with Crippen molar-refractivity contribution < 1.29 is 9.90 Å². The molecule has 1 aliphatic heterocycles. The van der Waals surface area contributed by atoms with Crippen molar-refractivity contribution >= 4 is 5.91 Å². The molecule has 0 radical (unpaired) electrons. The molecule has 0 bridgehead atoms. The van der Waals surface area contributed by atoms with E-state index in [0.717, 1.165) is 19.4 Å². The maximum absolute atomic E-state index is 11.0. The van der Waals surface area contributed by atoms with Gasteiger partial charge in [-0.15, -0.1) is 0 Å². The van der Waals surface area contributed by atoms with Gasteiger partial charge in [-0.25, -0.2) is 0 Å². The molecule has 0 aromatic carbocycles. The molecule has 2 N–H and O–H groups in total. The van der Waals surface area contributed by atoms with Crippen LogP contribution in [0.25, 0.3) is 0 Å². The summed E-state index contributed by atoms with van der Waals surface area (Å²) in [5, 5.41) is 11.5. The minimum absolute atomic E-state index is 0.150. The monoisotopic (exact) mass is 157 g/mol. The van der Waals surface area contributed by atoms with Crippen molar-refractivity contribution in [1.82, 2.24) is 5.32 Å². The standard InChI is InChI=1S/C8H15NO2/c1-6(5-10)4-7-2-3-9-8(7)11/h6-7,10H,2-5H2,1H3,(H,9,11)/t6-,7-/m0/s1. The van der Waals surface area contributed by atoms with Crippen molar-refractivity contribution in [1.29, 1.82) is 0 Å². The van der Waals surface area contributed by atoms with Crippen LogP contribution in [-0.2, 0) is 4.79 Å². The molecule has 0 spiro atoms. The first-order valence-electron chi connectivity index (χ1n) is 4.12. The van der Waals surface area contributed by atoms with Crippen LogP contribution in [0.5, 0.6) is 0 Å². The zero-order chi connectivity index (χ0) is 8.27. The molecule has 3 heteroatoms. The van der Waals surface area contributed by atoms with E-state index in [9.17, 15) is 4.79 Å². The van der Waals surface area contributed by atoms with Crippen LogP contribution >= 0.6 is 0 Å². The van der Waals surface area contributed by atoms with Crippen LogP contribution in [0.2, 0.25) is 0 Å². The summed E-state index contributed by atoms with van der Waals surface area (Å²) in [6.45, 7) is 2.96. The van der Waals surface area contributed by atoms with E-state index < -0.39 is 0 Å². The maximum atomic E-state index is 11.0. The summed E-state index contributed by atoms with van der Waals surface area (Å²) in [4.78, 5) is 11.0. The van der Waals surface area contributed by atoms with Crippen LogP contribution in [0.15, 0.2) is 0 Å². The van der Waals surface area contributed by atoms with Crippen molar-refractivity contribution in [2.75, 3.05) is 13.2 Å². The van der Waals surface area contributed by atoms with Crippen molar-refractivity contribution in [3.63, 3.8) is 0 Å². The topological polar surface area (TPSA) is 49.3 Å². The van der Waals surface area contributed by atoms with Crippen molar-refractivity contribution in [3.8, 4) is 0 Å². The van der Waals surface area contributed by atoms with Gasteiger partial charge in [-0.1, -0.05) is 6.92 Å². The summed E-state index contributed by atoms with van der Waals surface area (Å²) in [5.41, 5.74) is 0. The molecule has 1 heterocycles. The van der Waals surface area contributed by atoms with Gasteiger partial charge in [-0.05, 0) is 18.8 Å². The van der Waals surface area contributed by atoms with Gasteiger partial charge in [0, 0.05) is 19.1 Å². The Bertz CT molecular complexity index is 147. The fourth-order valence-corrected chi connectivity index (χ4v) is 1.43. The Morgan fingerprint density at radius 1 is 1.82 bits per heavy atom. The Morgan fingerprint density at radius 3 is 3.00 bits per heavy atom. The van der Waals surface area contributed by atoms with E-state index in [-0.39, 0.29) is 24.3 Å². The summed E-state index contributed by atoms with van der Waals surface area (Å²) >= 11 is 0. The summed E-state index contributed by atoms with van der Waals surface area (Å²) in [6.07, 6.45) is 1.76. The van der Waals surface area contributed by atoms with Gasteiger partial charge < -0.3 is 10.4 Å². The molecule has 1 amide bonds. The molecule has 0 aromatic heterocycles. The SMILES string of the molecule is C[C@H](CO)C[C@@H]1CCNC1=O. The number of nitrogens with one attached hydrogen (secondary N) is 1. The third-order valence-electron chi connectivity index (χ3n) is 2.16. The number of rotatable bonds is 3. The largest absolute Gasteiger partial charge is 0.396 e. The molecular formula is C8H15NO2. The summed E-state index contributed by atoms with van der Waals surface area (Å²) in [5.74, 6) is 0.561. The molecule has 0 aromatic rings. The van der Waals surface area contributed by atoms with E-state index in [1.165, 1.54) is 0 Å². The first-order valence-corrected chi connectivity index (χ1v) is 4.12. The van der Waals surface area contributed by atoms with Crippen LogP contribution < -0.4 is 5.32 Å². The number of hydrogen-bond donors (Lipinski definition) is 2. The third kappa shape index (κ3) is 2.19. The Labute approximate surface area is 66.8 Å². The van der Waals surface area contributed by atoms with Crippen LogP contribution in [0.3, 0.4) is 0 Å². The van der Waals surface area contributed by atoms with E-state index >= 15 is 0 Å². The minimum atomic E-state index is 0.150. The molecule has 3 nitrogen and oxygen atoms in total. The number of aliphatic hydroxyl groups excluding tert-OH is 1. The molecule has 1 saturated heterocycles. The second-order valence-electron chi connectivity index (χ2n) is 3.30. The molecule has 0 aliphatic carbocycles. The first kappa shape index (κ1) is 8.53. The molecule has 0 unspecified atom stereocenters. The quantitative estimate of drug-likeness (QED) is 0.612. The molecule has 64 valence electrons. The fraction of sp³-hybridized carbons (Fsp3) is 0.875.